The Kier molecular flexibility index (Phi) is 4.58. The second-order valence-corrected chi connectivity index (χ2v) is 5.99. The van der Waals surface area contributed by atoms with Crippen molar-refractivity contribution in [2.45, 2.75) is 13.8 Å². The maximum Gasteiger partial charge on any atom is 0.248 e. The van der Waals surface area contributed by atoms with Crippen molar-refractivity contribution in [3.05, 3.63) is 53.6 Å². The molecule has 3 rings (SSSR count). The zero-order chi connectivity index (χ0) is 18.8. The van der Waals surface area contributed by atoms with Crippen LogP contribution in [0.5, 0.6) is 5.75 Å². The van der Waals surface area contributed by atoms with E-state index in [1.54, 1.807) is 43.5 Å². The molecule has 2 aromatic carbocycles. The molecular formula is C20H19N3O3. The number of nitrogens with zero attached hydrogens (tertiary/aromatic N) is 1. The van der Waals surface area contributed by atoms with Gasteiger partial charge in [-0.1, -0.05) is 12.1 Å². The number of pyridine rings is 1. The molecule has 26 heavy (non-hydrogen) atoms. The SMILES string of the molecule is COc1ccc(NC(C)=O)c2c(C)cc(-c3ccc(C(N)=O)cc3)nc12. The van der Waals surface area contributed by atoms with Gasteiger partial charge in [0, 0.05) is 23.4 Å². The van der Waals surface area contributed by atoms with Gasteiger partial charge in [-0.25, -0.2) is 4.98 Å². The van der Waals surface area contributed by atoms with Crippen LogP contribution in [0.4, 0.5) is 5.69 Å². The number of nitrogens with two attached hydrogens (primary N) is 1. The van der Waals surface area contributed by atoms with Gasteiger partial charge in [-0.3, -0.25) is 9.59 Å². The average molecular weight is 349 g/mol. The minimum atomic E-state index is -0.471. The number of hydrogen-bond donors (Lipinski definition) is 2. The van der Waals surface area contributed by atoms with E-state index in [0.29, 0.717) is 22.5 Å². The molecule has 6 nitrogen and oxygen atoms in total. The minimum absolute atomic E-state index is 0.151. The van der Waals surface area contributed by atoms with Gasteiger partial charge < -0.3 is 15.8 Å². The third kappa shape index (κ3) is 3.21. The summed E-state index contributed by atoms with van der Waals surface area (Å²) in [7, 11) is 1.58. The van der Waals surface area contributed by atoms with E-state index >= 15 is 0 Å². The zero-order valence-corrected chi connectivity index (χ0v) is 14.8. The van der Waals surface area contributed by atoms with Crippen molar-refractivity contribution < 1.29 is 14.3 Å². The summed E-state index contributed by atoms with van der Waals surface area (Å²) in [5, 5.41) is 3.66. The minimum Gasteiger partial charge on any atom is -0.494 e. The molecule has 3 aromatic rings. The van der Waals surface area contributed by atoms with Crippen LogP contribution in [-0.4, -0.2) is 23.9 Å². The molecule has 0 saturated carbocycles. The first kappa shape index (κ1) is 17.4. The maximum atomic E-state index is 11.5. The standard InChI is InChI=1S/C20H19N3O3/c1-11-10-16(13-4-6-14(7-5-13)20(21)25)23-19-17(26-3)9-8-15(18(11)19)22-12(2)24/h4-10H,1-3H3,(H2,21,25)(H,22,24). The molecule has 0 aliphatic carbocycles. The van der Waals surface area contributed by atoms with Gasteiger partial charge in [0.25, 0.3) is 0 Å². The lowest BCUT2D eigenvalue weighted by atomic mass is 10.0. The number of fused-ring (bicyclic) bond motifs is 1. The van der Waals surface area contributed by atoms with Gasteiger partial charge in [0.05, 0.1) is 18.5 Å². The number of carbonyl (C=O) groups excluding carboxylic acids is 2. The molecule has 0 radical (unpaired) electrons. The first-order valence-electron chi connectivity index (χ1n) is 8.07. The fourth-order valence-corrected chi connectivity index (χ4v) is 2.92. The quantitative estimate of drug-likeness (QED) is 0.756. The van der Waals surface area contributed by atoms with Crippen molar-refractivity contribution in [1.82, 2.24) is 4.98 Å². The molecule has 6 heteroatoms. The number of methoxy groups -OCH3 is 1. The number of aromatic nitrogens is 1. The molecule has 0 aliphatic rings. The van der Waals surface area contributed by atoms with Crippen LogP contribution in [-0.2, 0) is 4.79 Å². The number of primary amides is 1. The van der Waals surface area contributed by atoms with E-state index in [0.717, 1.165) is 22.2 Å². The van der Waals surface area contributed by atoms with E-state index in [-0.39, 0.29) is 5.91 Å². The lowest BCUT2D eigenvalue weighted by Crippen LogP contribution is -2.10. The van der Waals surface area contributed by atoms with Gasteiger partial charge in [-0.05, 0) is 42.8 Å². The summed E-state index contributed by atoms with van der Waals surface area (Å²) in [6, 6.07) is 12.5. The Labute approximate surface area is 151 Å². The smallest absolute Gasteiger partial charge is 0.248 e. The molecule has 0 fully saturated rings. The largest absolute Gasteiger partial charge is 0.494 e. The number of anilines is 1. The summed E-state index contributed by atoms with van der Waals surface area (Å²) in [4.78, 5) is 27.5. The summed E-state index contributed by atoms with van der Waals surface area (Å²) in [5.74, 6) is -0.00406. The number of carbonyl (C=O) groups is 2. The van der Waals surface area contributed by atoms with Crippen molar-refractivity contribution in [2.75, 3.05) is 12.4 Å². The zero-order valence-electron chi connectivity index (χ0n) is 14.8. The Morgan fingerprint density at radius 2 is 1.81 bits per heavy atom. The van der Waals surface area contributed by atoms with E-state index in [4.69, 9.17) is 15.5 Å². The number of rotatable bonds is 4. The van der Waals surface area contributed by atoms with Crippen LogP contribution < -0.4 is 15.8 Å². The normalized spacial score (nSPS) is 10.6. The maximum absolute atomic E-state index is 11.5. The van der Waals surface area contributed by atoms with Crippen LogP contribution in [0.15, 0.2) is 42.5 Å². The molecule has 0 saturated heterocycles. The fourth-order valence-electron chi connectivity index (χ4n) is 2.92. The van der Waals surface area contributed by atoms with Crippen molar-refractivity contribution >= 4 is 28.4 Å². The van der Waals surface area contributed by atoms with Crippen molar-refractivity contribution in [3.8, 4) is 17.0 Å². The van der Waals surface area contributed by atoms with E-state index in [1.807, 2.05) is 13.0 Å². The molecule has 0 aliphatic heterocycles. The first-order chi connectivity index (χ1) is 12.4. The third-order valence-corrected chi connectivity index (χ3v) is 4.12. The van der Waals surface area contributed by atoms with Crippen LogP contribution >= 0.6 is 0 Å². The number of benzene rings is 2. The molecular weight excluding hydrogens is 330 g/mol. The van der Waals surface area contributed by atoms with E-state index in [1.165, 1.54) is 6.92 Å². The topological polar surface area (TPSA) is 94.3 Å². The highest BCUT2D eigenvalue weighted by atomic mass is 16.5. The molecule has 1 heterocycles. The Morgan fingerprint density at radius 1 is 1.12 bits per heavy atom. The van der Waals surface area contributed by atoms with Gasteiger partial charge in [-0.2, -0.15) is 0 Å². The van der Waals surface area contributed by atoms with Crippen molar-refractivity contribution in [2.24, 2.45) is 5.73 Å². The molecule has 0 spiro atoms. The first-order valence-corrected chi connectivity index (χ1v) is 8.07. The lowest BCUT2D eigenvalue weighted by Gasteiger charge is -2.14. The van der Waals surface area contributed by atoms with Crippen LogP contribution in [0, 0.1) is 6.92 Å². The van der Waals surface area contributed by atoms with Crippen LogP contribution in [0.3, 0.4) is 0 Å². The number of hydrogen-bond acceptors (Lipinski definition) is 4. The van der Waals surface area contributed by atoms with Gasteiger partial charge in [0.15, 0.2) is 0 Å². The fraction of sp³-hybridized carbons (Fsp3) is 0.150. The van der Waals surface area contributed by atoms with E-state index < -0.39 is 5.91 Å². The van der Waals surface area contributed by atoms with E-state index in [9.17, 15) is 9.59 Å². The highest BCUT2D eigenvalue weighted by Gasteiger charge is 2.14. The Balaban J connectivity index is 2.20. The summed E-state index contributed by atoms with van der Waals surface area (Å²) < 4.78 is 5.45. The molecule has 0 bridgehead atoms. The summed E-state index contributed by atoms with van der Waals surface area (Å²) in [6.45, 7) is 3.42. The number of nitrogens with one attached hydrogen (secondary N) is 1. The summed E-state index contributed by atoms with van der Waals surface area (Å²) in [6.07, 6.45) is 0. The van der Waals surface area contributed by atoms with Crippen LogP contribution in [0.1, 0.15) is 22.8 Å². The third-order valence-electron chi connectivity index (χ3n) is 4.12. The van der Waals surface area contributed by atoms with Gasteiger partial charge in [0.2, 0.25) is 11.8 Å². The van der Waals surface area contributed by atoms with Gasteiger partial charge in [0.1, 0.15) is 11.3 Å². The molecule has 132 valence electrons. The predicted octanol–water partition coefficient (Wildman–Crippen LogP) is 3.28. The Morgan fingerprint density at radius 3 is 2.38 bits per heavy atom. The Hall–Kier alpha value is -3.41. The predicted molar refractivity (Wildman–Crippen MR) is 101 cm³/mol. The molecule has 1 aromatic heterocycles. The number of amides is 2. The monoisotopic (exact) mass is 349 g/mol. The molecule has 0 unspecified atom stereocenters. The molecule has 2 amide bonds. The highest BCUT2D eigenvalue weighted by Crippen LogP contribution is 2.35. The average Bonchev–Trinajstić information content (AvgIpc) is 2.61. The van der Waals surface area contributed by atoms with Gasteiger partial charge >= 0.3 is 0 Å². The number of aryl methyl sites for hydroxylation is 1. The van der Waals surface area contributed by atoms with Crippen molar-refractivity contribution in [3.63, 3.8) is 0 Å². The molecule has 0 atom stereocenters. The Bertz CT molecular complexity index is 1010. The second kappa shape index (κ2) is 6.84. The van der Waals surface area contributed by atoms with Gasteiger partial charge in [-0.15, -0.1) is 0 Å². The highest BCUT2D eigenvalue weighted by molar-refractivity contribution is 6.04. The lowest BCUT2D eigenvalue weighted by molar-refractivity contribution is -0.114. The molecule has 3 N–H and O–H groups in total. The van der Waals surface area contributed by atoms with Crippen molar-refractivity contribution in [1.29, 1.82) is 0 Å². The van der Waals surface area contributed by atoms with E-state index in [2.05, 4.69) is 5.32 Å². The van der Waals surface area contributed by atoms with Crippen LogP contribution in [0.2, 0.25) is 0 Å². The summed E-state index contributed by atoms with van der Waals surface area (Å²) >= 11 is 0. The summed E-state index contributed by atoms with van der Waals surface area (Å²) in [5.41, 5.74) is 9.62. The second-order valence-electron chi connectivity index (χ2n) is 5.99. The number of ether oxygens (including phenoxy) is 1. The van der Waals surface area contributed by atoms with Crippen LogP contribution in [0.25, 0.3) is 22.2 Å².